The van der Waals surface area contributed by atoms with Gasteiger partial charge >= 0.3 is 0 Å². The highest BCUT2D eigenvalue weighted by molar-refractivity contribution is 5.95. The maximum atomic E-state index is 12.9. The molecular formula is C21H32N4O2. The summed E-state index contributed by atoms with van der Waals surface area (Å²) in [6, 6.07) is 1.97. The molecule has 0 radical (unpaired) electrons. The Balaban J connectivity index is 1.62. The van der Waals surface area contributed by atoms with E-state index in [9.17, 15) is 9.59 Å². The van der Waals surface area contributed by atoms with Crippen LogP contribution in [0.2, 0.25) is 0 Å². The molecule has 0 aromatic carbocycles. The summed E-state index contributed by atoms with van der Waals surface area (Å²) in [6.07, 6.45) is 5.26. The Morgan fingerprint density at radius 2 is 1.93 bits per heavy atom. The number of likely N-dealkylation sites (N-methyl/N-ethyl adjacent to an activating group) is 1. The molecule has 3 rings (SSSR count). The number of hydrogen-bond donors (Lipinski definition) is 0. The number of piperidine rings is 2. The number of nitrogens with zero attached hydrogens (tertiary/aromatic N) is 4. The van der Waals surface area contributed by atoms with E-state index in [1.807, 2.05) is 43.8 Å². The highest BCUT2D eigenvalue weighted by atomic mass is 16.2. The first-order chi connectivity index (χ1) is 12.8. The first-order valence-corrected chi connectivity index (χ1v) is 9.95. The minimum absolute atomic E-state index is 0.0891. The summed E-state index contributed by atoms with van der Waals surface area (Å²) in [4.78, 5) is 35.6. The minimum atomic E-state index is 0.0891. The molecule has 2 amide bonds. The quantitative estimate of drug-likeness (QED) is 0.812. The van der Waals surface area contributed by atoms with Crippen molar-refractivity contribution in [1.82, 2.24) is 19.7 Å². The molecular weight excluding hydrogens is 340 g/mol. The van der Waals surface area contributed by atoms with Gasteiger partial charge in [0.1, 0.15) is 0 Å². The van der Waals surface area contributed by atoms with E-state index in [-0.39, 0.29) is 17.2 Å². The number of pyridine rings is 1. The number of rotatable bonds is 4. The van der Waals surface area contributed by atoms with Gasteiger partial charge in [0.2, 0.25) is 5.91 Å². The largest absolute Gasteiger partial charge is 0.341 e. The van der Waals surface area contributed by atoms with Crippen LogP contribution in [-0.2, 0) is 4.79 Å². The van der Waals surface area contributed by atoms with Gasteiger partial charge in [0, 0.05) is 51.0 Å². The van der Waals surface area contributed by atoms with Gasteiger partial charge in [-0.2, -0.15) is 0 Å². The summed E-state index contributed by atoms with van der Waals surface area (Å²) in [5.74, 6) is 0.369. The van der Waals surface area contributed by atoms with Gasteiger partial charge in [-0.15, -0.1) is 0 Å². The van der Waals surface area contributed by atoms with Crippen molar-refractivity contribution in [2.24, 2.45) is 5.41 Å². The van der Waals surface area contributed by atoms with E-state index in [0.29, 0.717) is 12.0 Å². The van der Waals surface area contributed by atoms with E-state index < -0.39 is 0 Å². The van der Waals surface area contributed by atoms with Crippen LogP contribution >= 0.6 is 0 Å². The molecule has 0 N–H and O–H groups in total. The number of aromatic nitrogens is 1. The molecule has 27 heavy (non-hydrogen) atoms. The molecule has 0 bridgehead atoms. The third-order valence-electron chi connectivity index (χ3n) is 6.15. The lowest BCUT2D eigenvalue weighted by Crippen LogP contribution is -2.53. The van der Waals surface area contributed by atoms with Gasteiger partial charge in [-0.1, -0.05) is 0 Å². The van der Waals surface area contributed by atoms with Gasteiger partial charge in [-0.05, 0) is 64.3 Å². The van der Waals surface area contributed by atoms with E-state index in [0.717, 1.165) is 63.2 Å². The number of aryl methyl sites for hydroxylation is 2. The molecule has 0 unspecified atom stereocenters. The molecule has 2 aliphatic heterocycles. The van der Waals surface area contributed by atoms with Crippen LogP contribution in [0.4, 0.5) is 0 Å². The van der Waals surface area contributed by atoms with Crippen LogP contribution in [0.15, 0.2) is 12.3 Å². The highest BCUT2D eigenvalue weighted by Gasteiger charge is 2.41. The monoisotopic (exact) mass is 372 g/mol. The smallest absolute Gasteiger partial charge is 0.255 e. The van der Waals surface area contributed by atoms with Crippen molar-refractivity contribution >= 4 is 11.8 Å². The number of amides is 2. The summed E-state index contributed by atoms with van der Waals surface area (Å²) >= 11 is 0. The van der Waals surface area contributed by atoms with Gasteiger partial charge in [0.05, 0.1) is 5.56 Å². The zero-order valence-corrected chi connectivity index (χ0v) is 17.1. The summed E-state index contributed by atoms with van der Waals surface area (Å²) in [5.41, 5.74) is 2.82. The van der Waals surface area contributed by atoms with Crippen molar-refractivity contribution in [2.45, 2.75) is 39.5 Å². The number of carbonyl (C=O) groups excluding carboxylic acids is 2. The maximum absolute atomic E-state index is 12.9. The predicted octanol–water partition coefficient (Wildman–Crippen LogP) is 2.10. The first-order valence-electron chi connectivity index (χ1n) is 9.95. The molecule has 1 aromatic rings. The van der Waals surface area contributed by atoms with Crippen LogP contribution in [0.1, 0.15) is 47.3 Å². The molecule has 1 spiro atoms. The van der Waals surface area contributed by atoms with Crippen molar-refractivity contribution in [1.29, 1.82) is 0 Å². The van der Waals surface area contributed by atoms with Crippen LogP contribution in [0.3, 0.4) is 0 Å². The summed E-state index contributed by atoms with van der Waals surface area (Å²) in [6.45, 7) is 7.98. The third kappa shape index (κ3) is 4.49. The molecule has 2 fully saturated rings. The molecule has 148 valence electrons. The van der Waals surface area contributed by atoms with Crippen molar-refractivity contribution in [3.8, 4) is 0 Å². The van der Waals surface area contributed by atoms with Crippen LogP contribution < -0.4 is 0 Å². The standard InChI is InChI=1S/C21H32N4O2/c1-16-13-17(2)22-14-18(16)20(27)24-9-7-21(8-10-24)6-5-19(26)25(15-21)12-11-23(3)4/h13-14H,5-12,15H2,1-4H3. The molecule has 0 saturated carbocycles. The van der Waals surface area contributed by atoms with Crippen molar-refractivity contribution in [3.63, 3.8) is 0 Å². The average molecular weight is 373 g/mol. The fraction of sp³-hybridized carbons (Fsp3) is 0.667. The fourth-order valence-electron chi connectivity index (χ4n) is 4.31. The number of hydrogen-bond acceptors (Lipinski definition) is 4. The van der Waals surface area contributed by atoms with E-state index in [1.54, 1.807) is 6.20 Å². The van der Waals surface area contributed by atoms with Crippen molar-refractivity contribution < 1.29 is 9.59 Å². The molecule has 6 nitrogen and oxygen atoms in total. The Morgan fingerprint density at radius 3 is 2.56 bits per heavy atom. The van der Waals surface area contributed by atoms with Gasteiger partial charge in [-0.25, -0.2) is 0 Å². The second-order valence-electron chi connectivity index (χ2n) is 8.55. The third-order valence-corrected chi connectivity index (χ3v) is 6.15. The molecule has 2 saturated heterocycles. The number of likely N-dealkylation sites (tertiary alicyclic amines) is 2. The van der Waals surface area contributed by atoms with Gasteiger partial charge in [-0.3, -0.25) is 14.6 Å². The van der Waals surface area contributed by atoms with E-state index >= 15 is 0 Å². The zero-order valence-electron chi connectivity index (χ0n) is 17.1. The number of carbonyl (C=O) groups is 2. The highest BCUT2D eigenvalue weighted by Crippen LogP contribution is 2.40. The van der Waals surface area contributed by atoms with Gasteiger partial charge in [0.25, 0.3) is 5.91 Å². The lowest BCUT2D eigenvalue weighted by Gasteiger charge is -2.47. The van der Waals surface area contributed by atoms with Crippen molar-refractivity contribution in [2.75, 3.05) is 46.8 Å². The van der Waals surface area contributed by atoms with Crippen LogP contribution in [-0.4, -0.2) is 78.3 Å². The normalized spacial score (nSPS) is 19.8. The van der Waals surface area contributed by atoms with Crippen LogP contribution in [0, 0.1) is 19.3 Å². The predicted molar refractivity (Wildman–Crippen MR) is 106 cm³/mol. The van der Waals surface area contributed by atoms with Crippen molar-refractivity contribution in [3.05, 3.63) is 29.1 Å². The second-order valence-corrected chi connectivity index (χ2v) is 8.55. The lowest BCUT2D eigenvalue weighted by molar-refractivity contribution is -0.139. The summed E-state index contributed by atoms with van der Waals surface area (Å²) in [7, 11) is 4.08. The zero-order chi connectivity index (χ0) is 19.6. The molecule has 3 heterocycles. The van der Waals surface area contributed by atoms with Crippen LogP contribution in [0.25, 0.3) is 0 Å². The first kappa shape index (κ1) is 19.8. The molecule has 1 aromatic heterocycles. The lowest BCUT2D eigenvalue weighted by atomic mass is 9.72. The molecule has 6 heteroatoms. The Hall–Kier alpha value is -1.95. The Bertz CT molecular complexity index is 708. The van der Waals surface area contributed by atoms with E-state index in [1.165, 1.54) is 0 Å². The van der Waals surface area contributed by atoms with Gasteiger partial charge in [0.15, 0.2) is 0 Å². The summed E-state index contributed by atoms with van der Waals surface area (Å²) < 4.78 is 0. The topological polar surface area (TPSA) is 56.8 Å². The average Bonchev–Trinajstić information content (AvgIpc) is 2.63. The van der Waals surface area contributed by atoms with E-state index in [2.05, 4.69) is 9.88 Å². The fourth-order valence-corrected chi connectivity index (χ4v) is 4.31. The minimum Gasteiger partial charge on any atom is -0.341 e. The molecule has 2 aliphatic rings. The summed E-state index contributed by atoms with van der Waals surface area (Å²) in [5, 5.41) is 0. The second kappa shape index (κ2) is 7.97. The van der Waals surface area contributed by atoms with E-state index in [4.69, 9.17) is 0 Å². The maximum Gasteiger partial charge on any atom is 0.255 e. The SMILES string of the molecule is Cc1cc(C)c(C(=O)N2CCC3(CCC(=O)N(CCN(C)C)C3)CC2)cn1. The van der Waals surface area contributed by atoms with Gasteiger partial charge < -0.3 is 14.7 Å². The Labute approximate surface area is 162 Å². The molecule has 0 aliphatic carbocycles. The Kier molecular flexibility index (Phi) is 5.84. The molecule has 0 atom stereocenters. The van der Waals surface area contributed by atoms with Crippen LogP contribution in [0.5, 0.6) is 0 Å². The Morgan fingerprint density at radius 1 is 1.22 bits per heavy atom.